The van der Waals surface area contributed by atoms with Gasteiger partial charge in [-0.3, -0.25) is 4.79 Å². The molecule has 0 saturated carbocycles. The number of nitrogens with one attached hydrogen (secondary N) is 1. The van der Waals surface area contributed by atoms with Crippen LogP contribution in [0.4, 0.5) is 4.39 Å². The summed E-state index contributed by atoms with van der Waals surface area (Å²) in [5, 5.41) is 6.81. The van der Waals surface area contributed by atoms with Gasteiger partial charge >= 0.3 is 5.76 Å². The minimum atomic E-state index is -0.755. The van der Waals surface area contributed by atoms with Crippen LogP contribution in [0.25, 0.3) is 11.7 Å². The van der Waals surface area contributed by atoms with Crippen molar-refractivity contribution in [3.8, 4) is 11.7 Å². The smallest absolute Gasteiger partial charge is 0.437 e. The molecule has 3 aromatic rings. The molecule has 1 aromatic carbocycles. The highest BCUT2D eigenvalue weighted by atomic mass is 19.1. The fraction of sp³-hybridized carbons (Fsp3) is 0.278. The maximum atomic E-state index is 13.1. The Morgan fingerprint density at radius 1 is 1.27 bits per heavy atom. The van der Waals surface area contributed by atoms with E-state index in [0.717, 1.165) is 10.2 Å². The van der Waals surface area contributed by atoms with Gasteiger partial charge in [-0.2, -0.15) is 4.68 Å². The van der Waals surface area contributed by atoms with Gasteiger partial charge in [-0.05, 0) is 35.7 Å². The summed E-state index contributed by atoms with van der Waals surface area (Å²) in [6.07, 6.45) is 1.43. The number of nitrogens with zero attached hydrogens (tertiary/aromatic N) is 2. The highest BCUT2D eigenvalue weighted by Crippen LogP contribution is 2.22. The van der Waals surface area contributed by atoms with Gasteiger partial charge in [0.15, 0.2) is 5.76 Å². The molecule has 0 aliphatic rings. The lowest BCUT2D eigenvalue weighted by molar-refractivity contribution is -0.123. The molecule has 0 saturated heterocycles. The van der Waals surface area contributed by atoms with Gasteiger partial charge in [-0.15, -0.1) is 5.10 Å². The Balaban J connectivity index is 1.73. The number of furan rings is 1. The fourth-order valence-corrected chi connectivity index (χ4v) is 2.57. The highest BCUT2D eigenvalue weighted by Gasteiger charge is 2.20. The predicted molar refractivity (Wildman–Crippen MR) is 90.6 cm³/mol. The van der Waals surface area contributed by atoms with E-state index >= 15 is 0 Å². The minimum absolute atomic E-state index is 0.00624. The van der Waals surface area contributed by atoms with Crippen LogP contribution in [0.1, 0.15) is 25.5 Å². The second-order valence-electron chi connectivity index (χ2n) is 6.15. The monoisotopic (exact) mass is 359 g/mol. The van der Waals surface area contributed by atoms with Gasteiger partial charge in [-0.1, -0.05) is 26.0 Å². The van der Waals surface area contributed by atoms with E-state index in [1.165, 1.54) is 18.4 Å². The number of aromatic nitrogens is 2. The molecule has 0 radical (unpaired) electrons. The van der Waals surface area contributed by atoms with E-state index in [-0.39, 0.29) is 30.2 Å². The first-order chi connectivity index (χ1) is 12.4. The van der Waals surface area contributed by atoms with Crippen LogP contribution in [0.2, 0.25) is 0 Å². The van der Waals surface area contributed by atoms with Crippen molar-refractivity contribution in [3.05, 3.63) is 64.6 Å². The maximum absolute atomic E-state index is 13.1. The van der Waals surface area contributed by atoms with Crippen molar-refractivity contribution in [3.63, 3.8) is 0 Å². The Kier molecular flexibility index (Phi) is 5.01. The van der Waals surface area contributed by atoms with Crippen LogP contribution >= 0.6 is 0 Å². The van der Waals surface area contributed by atoms with Crippen LogP contribution in [0.5, 0.6) is 0 Å². The summed E-state index contributed by atoms with van der Waals surface area (Å²) in [6.45, 7) is 3.57. The third-order valence-corrected chi connectivity index (χ3v) is 3.84. The molecule has 2 aromatic heterocycles. The van der Waals surface area contributed by atoms with Crippen LogP contribution in [-0.4, -0.2) is 15.7 Å². The predicted octanol–water partition coefficient (Wildman–Crippen LogP) is 2.75. The van der Waals surface area contributed by atoms with Gasteiger partial charge in [0.05, 0.1) is 12.3 Å². The number of carbonyl (C=O) groups excluding carboxylic acids is 1. The second-order valence-corrected chi connectivity index (χ2v) is 6.15. The molecule has 0 spiro atoms. The molecule has 3 rings (SSSR count). The number of benzene rings is 1. The zero-order valence-corrected chi connectivity index (χ0v) is 14.3. The lowest BCUT2D eigenvalue weighted by Crippen LogP contribution is -2.36. The van der Waals surface area contributed by atoms with Crippen molar-refractivity contribution < 1.29 is 18.0 Å². The molecule has 0 aliphatic carbocycles. The van der Waals surface area contributed by atoms with E-state index in [2.05, 4.69) is 10.4 Å². The summed E-state index contributed by atoms with van der Waals surface area (Å²) in [7, 11) is 0. The molecule has 8 heteroatoms. The first kappa shape index (κ1) is 17.7. The summed E-state index contributed by atoms with van der Waals surface area (Å²) >= 11 is 0. The van der Waals surface area contributed by atoms with Crippen molar-refractivity contribution in [1.29, 1.82) is 0 Å². The average Bonchev–Trinajstić information content (AvgIpc) is 3.24. The van der Waals surface area contributed by atoms with Gasteiger partial charge in [0.1, 0.15) is 12.4 Å². The number of hydrogen-bond acceptors (Lipinski definition) is 5. The molecule has 1 amide bonds. The number of amides is 1. The van der Waals surface area contributed by atoms with E-state index in [1.807, 2.05) is 13.8 Å². The Morgan fingerprint density at radius 3 is 2.62 bits per heavy atom. The molecule has 0 aliphatic heterocycles. The summed E-state index contributed by atoms with van der Waals surface area (Å²) in [6, 6.07) is 8.84. The topological polar surface area (TPSA) is 90.3 Å². The Labute approximate surface area is 148 Å². The summed E-state index contributed by atoms with van der Waals surface area (Å²) in [5.74, 6) is -1.14. The van der Waals surface area contributed by atoms with Crippen molar-refractivity contribution in [1.82, 2.24) is 15.1 Å². The SMILES string of the molecule is CC(C)C(NC(=O)Cn1nc(-c2ccco2)oc1=O)c1ccc(F)cc1. The molecular formula is C18H18FN3O4. The number of carbonyl (C=O) groups is 1. The van der Waals surface area contributed by atoms with Crippen LogP contribution in [0.15, 0.2) is 56.3 Å². The zero-order valence-electron chi connectivity index (χ0n) is 14.3. The first-order valence-electron chi connectivity index (χ1n) is 8.10. The van der Waals surface area contributed by atoms with E-state index in [4.69, 9.17) is 8.83 Å². The maximum Gasteiger partial charge on any atom is 0.437 e. The average molecular weight is 359 g/mol. The molecule has 0 bridgehead atoms. The van der Waals surface area contributed by atoms with E-state index in [0.29, 0.717) is 5.76 Å². The number of halogens is 1. The van der Waals surface area contributed by atoms with Crippen molar-refractivity contribution in [2.45, 2.75) is 26.4 Å². The van der Waals surface area contributed by atoms with E-state index in [1.54, 1.807) is 24.3 Å². The molecule has 1 atom stereocenters. The Bertz CT molecular complexity index is 926. The normalized spacial score (nSPS) is 12.3. The van der Waals surface area contributed by atoms with E-state index in [9.17, 15) is 14.0 Å². The summed E-state index contributed by atoms with van der Waals surface area (Å²) in [4.78, 5) is 24.2. The molecule has 1 N–H and O–H groups in total. The third kappa shape index (κ3) is 3.90. The highest BCUT2D eigenvalue weighted by molar-refractivity contribution is 5.76. The second kappa shape index (κ2) is 7.38. The molecule has 2 heterocycles. The zero-order chi connectivity index (χ0) is 18.7. The van der Waals surface area contributed by atoms with Crippen molar-refractivity contribution >= 4 is 5.91 Å². The fourth-order valence-electron chi connectivity index (χ4n) is 2.57. The number of hydrogen-bond donors (Lipinski definition) is 1. The quantitative estimate of drug-likeness (QED) is 0.731. The molecule has 7 nitrogen and oxygen atoms in total. The summed E-state index contributed by atoms with van der Waals surface area (Å²) in [5.41, 5.74) is 0.776. The number of rotatable bonds is 6. The standard InChI is InChI=1S/C18H18FN3O4/c1-11(2)16(12-5-7-13(19)8-6-12)20-15(23)10-22-18(24)26-17(21-22)14-4-3-9-25-14/h3-9,11,16H,10H2,1-2H3,(H,20,23). The molecule has 1 unspecified atom stereocenters. The van der Waals surface area contributed by atoms with Gasteiger partial charge in [-0.25, -0.2) is 9.18 Å². The van der Waals surface area contributed by atoms with Gasteiger partial charge in [0.2, 0.25) is 5.91 Å². The Hall–Kier alpha value is -3.16. The molecule has 136 valence electrons. The van der Waals surface area contributed by atoms with Crippen LogP contribution in [-0.2, 0) is 11.3 Å². The third-order valence-electron chi connectivity index (χ3n) is 3.84. The van der Waals surface area contributed by atoms with Gasteiger partial charge < -0.3 is 14.2 Å². The van der Waals surface area contributed by atoms with Crippen molar-refractivity contribution in [2.75, 3.05) is 0 Å². The lowest BCUT2D eigenvalue weighted by Gasteiger charge is -2.22. The molecule has 0 fully saturated rings. The lowest BCUT2D eigenvalue weighted by atomic mass is 9.96. The molecular weight excluding hydrogens is 341 g/mol. The first-order valence-corrected chi connectivity index (χ1v) is 8.10. The van der Waals surface area contributed by atoms with Crippen LogP contribution in [0.3, 0.4) is 0 Å². The molecule has 26 heavy (non-hydrogen) atoms. The Morgan fingerprint density at radius 2 is 2.00 bits per heavy atom. The van der Waals surface area contributed by atoms with E-state index < -0.39 is 11.7 Å². The minimum Gasteiger partial charge on any atom is -0.459 e. The summed E-state index contributed by atoms with van der Waals surface area (Å²) < 4.78 is 24.1. The largest absolute Gasteiger partial charge is 0.459 e. The van der Waals surface area contributed by atoms with Gasteiger partial charge in [0, 0.05) is 0 Å². The van der Waals surface area contributed by atoms with Crippen LogP contribution in [0, 0.1) is 11.7 Å². The van der Waals surface area contributed by atoms with Crippen molar-refractivity contribution in [2.24, 2.45) is 5.92 Å². The van der Waals surface area contributed by atoms with Crippen LogP contribution < -0.4 is 11.1 Å². The van der Waals surface area contributed by atoms with Gasteiger partial charge in [0.25, 0.3) is 5.89 Å².